The van der Waals surface area contributed by atoms with E-state index in [1.54, 1.807) is 24.5 Å². The van der Waals surface area contributed by atoms with E-state index in [2.05, 4.69) is 6.07 Å². The summed E-state index contributed by atoms with van der Waals surface area (Å²) in [6.07, 6.45) is 1.64. The molecular weight excluding hydrogens is 236 g/mol. The maximum absolute atomic E-state index is 5.85. The molecule has 0 fully saturated rings. The smallest absolute Gasteiger partial charge is 0.176 e. The van der Waals surface area contributed by atoms with Crippen molar-refractivity contribution >= 4 is 22.6 Å². The second kappa shape index (κ2) is 4.15. The first-order valence-corrected chi connectivity index (χ1v) is 5.52. The number of furan rings is 1. The summed E-state index contributed by atoms with van der Waals surface area (Å²) in [6.45, 7) is 0. The summed E-state index contributed by atoms with van der Waals surface area (Å²) in [5.74, 6) is 1.34. The molecule has 0 aliphatic rings. The molecule has 1 aromatic heterocycles. The molecule has 0 aliphatic carbocycles. The monoisotopic (exact) mass is 243 g/mol. The molecule has 3 rings (SSSR count). The standard InChI is InChI=1S/C14H8ClO2/c15-11-4-2-5-12(9-11)17-13-6-1-3-10-7-8-16-14(10)13/h1-3,5-9H. The van der Waals surface area contributed by atoms with Crippen molar-refractivity contribution < 1.29 is 9.15 Å². The van der Waals surface area contributed by atoms with Crippen LogP contribution in [0, 0.1) is 6.07 Å². The van der Waals surface area contributed by atoms with Crippen LogP contribution in [0.1, 0.15) is 0 Å². The Morgan fingerprint density at radius 1 is 1.18 bits per heavy atom. The number of hydrogen-bond donors (Lipinski definition) is 0. The van der Waals surface area contributed by atoms with Crippen LogP contribution in [-0.2, 0) is 0 Å². The van der Waals surface area contributed by atoms with Crippen molar-refractivity contribution in [2.75, 3.05) is 0 Å². The highest BCUT2D eigenvalue weighted by atomic mass is 35.5. The van der Waals surface area contributed by atoms with Crippen molar-refractivity contribution in [3.63, 3.8) is 0 Å². The van der Waals surface area contributed by atoms with Crippen LogP contribution in [0.25, 0.3) is 11.0 Å². The van der Waals surface area contributed by atoms with Gasteiger partial charge in [0, 0.05) is 17.5 Å². The minimum absolute atomic E-state index is 0.522. The molecule has 83 valence electrons. The molecule has 0 unspecified atom stereocenters. The predicted molar refractivity (Wildman–Crippen MR) is 66.6 cm³/mol. The topological polar surface area (TPSA) is 22.4 Å². The first kappa shape index (κ1) is 10.2. The third-order valence-electron chi connectivity index (χ3n) is 2.41. The molecule has 0 amide bonds. The van der Waals surface area contributed by atoms with Crippen molar-refractivity contribution in [2.45, 2.75) is 0 Å². The molecule has 0 saturated heterocycles. The van der Waals surface area contributed by atoms with E-state index in [4.69, 9.17) is 20.8 Å². The Labute approximate surface area is 103 Å². The largest absolute Gasteiger partial charge is 0.460 e. The van der Waals surface area contributed by atoms with Crippen LogP contribution in [0.15, 0.2) is 53.1 Å². The van der Waals surface area contributed by atoms with Gasteiger partial charge in [0.15, 0.2) is 11.3 Å². The minimum atomic E-state index is 0.522. The van der Waals surface area contributed by atoms with Gasteiger partial charge in [-0.1, -0.05) is 23.7 Å². The number of rotatable bonds is 2. The van der Waals surface area contributed by atoms with Gasteiger partial charge in [-0.2, -0.15) is 0 Å². The molecule has 2 aromatic carbocycles. The SMILES string of the molecule is Clc1[c]ccc(Oc2cccc3ccoc23)c1. The molecule has 2 nitrogen and oxygen atoms in total. The number of fused-ring (bicyclic) bond motifs is 1. The number of halogens is 1. The zero-order valence-electron chi connectivity index (χ0n) is 8.81. The summed E-state index contributed by atoms with van der Waals surface area (Å²) in [5.41, 5.74) is 0.733. The quantitative estimate of drug-likeness (QED) is 0.652. The zero-order chi connectivity index (χ0) is 11.7. The lowest BCUT2D eigenvalue weighted by Gasteiger charge is -2.05. The lowest BCUT2D eigenvalue weighted by molar-refractivity contribution is 0.473. The highest BCUT2D eigenvalue weighted by Crippen LogP contribution is 2.31. The summed E-state index contributed by atoms with van der Waals surface area (Å²) < 4.78 is 11.1. The van der Waals surface area contributed by atoms with Crippen LogP contribution in [0.4, 0.5) is 0 Å². The molecule has 17 heavy (non-hydrogen) atoms. The summed E-state index contributed by atoms with van der Waals surface area (Å²) >= 11 is 5.85. The van der Waals surface area contributed by atoms with Crippen LogP contribution < -0.4 is 4.74 Å². The third-order valence-corrected chi connectivity index (χ3v) is 2.63. The molecule has 3 heteroatoms. The molecule has 1 heterocycles. The van der Waals surface area contributed by atoms with Crippen LogP contribution in [0.5, 0.6) is 11.5 Å². The van der Waals surface area contributed by atoms with Crippen molar-refractivity contribution in [2.24, 2.45) is 0 Å². The van der Waals surface area contributed by atoms with Crippen LogP contribution >= 0.6 is 11.6 Å². The van der Waals surface area contributed by atoms with Gasteiger partial charge in [0.1, 0.15) is 5.75 Å². The maximum Gasteiger partial charge on any atom is 0.176 e. The average molecular weight is 244 g/mol. The lowest BCUT2D eigenvalue weighted by Crippen LogP contribution is -1.84. The fourth-order valence-electron chi connectivity index (χ4n) is 1.65. The molecule has 0 N–H and O–H groups in total. The predicted octanol–water partition coefficient (Wildman–Crippen LogP) is 4.68. The van der Waals surface area contributed by atoms with Gasteiger partial charge in [-0.05, 0) is 24.3 Å². The van der Waals surface area contributed by atoms with E-state index >= 15 is 0 Å². The van der Waals surface area contributed by atoms with Gasteiger partial charge < -0.3 is 9.15 Å². The second-order valence-electron chi connectivity index (χ2n) is 3.57. The minimum Gasteiger partial charge on any atom is -0.460 e. The van der Waals surface area contributed by atoms with Gasteiger partial charge in [-0.15, -0.1) is 0 Å². The Kier molecular flexibility index (Phi) is 2.50. The van der Waals surface area contributed by atoms with Gasteiger partial charge in [0.05, 0.1) is 11.3 Å². The summed E-state index contributed by atoms with van der Waals surface area (Å²) in [7, 11) is 0. The van der Waals surface area contributed by atoms with E-state index in [-0.39, 0.29) is 0 Å². The zero-order valence-corrected chi connectivity index (χ0v) is 9.57. The summed E-state index contributed by atoms with van der Waals surface area (Å²) in [6, 6.07) is 15.7. The van der Waals surface area contributed by atoms with E-state index in [1.807, 2.05) is 24.3 Å². The summed E-state index contributed by atoms with van der Waals surface area (Å²) in [5, 5.41) is 1.53. The van der Waals surface area contributed by atoms with Gasteiger partial charge >= 0.3 is 0 Å². The van der Waals surface area contributed by atoms with Crippen LogP contribution in [-0.4, -0.2) is 0 Å². The lowest BCUT2D eigenvalue weighted by atomic mass is 10.2. The fraction of sp³-hybridized carbons (Fsp3) is 0. The molecule has 0 spiro atoms. The molecule has 3 aromatic rings. The number of ether oxygens (including phenoxy) is 1. The van der Waals surface area contributed by atoms with Crippen molar-refractivity contribution in [1.82, 2.24) is 0 Å². The molecule has 1 radical (unpaired) electrons. The highest BCUT2D eigenvalue weighted by Gasteiger charge is 2.06. The number of hydrogen-bond acceptors (Lipinski definition) is 2. The van der Waals surface area contributed by atoms with E-state index in [1.165, 1.54) is 0 Å². The maximum atomic E-state index is 5.85. The molecule has 0 aliphatic heterocycles. The highest BCUT2D eigenvalue weighted by molar-refractivity contribution is 6.30. The van der Waals surface area contributed by atoms with Crippen molar-refractivity contribution in [3.05, 3.63) is 59.8 Å². The molecular formula is C14H8ClO2. The Balaban J connectivity index is 2.02. The van der Waals surface area contributed by atoms with Gasteiger partial charge in [-0.25, -0.2) is 0 Å². The van der Waals surface area contributed by atoms with Crippen molar-refractivity contribution in [3.8, 4) is 11.5 Å². The van der Waals surface area contributed by atoms with E-state index < -0.39 is 0 Å². The molecule has 0 bridgehead atoms. The van der Waals surface area contributed by atoms with E-state index in [0.717, 1.165) is 11.0 Å². The van der Waals surface area contributed by atoms with Crippen LogP contribution in [0.2, 0.25) is 5.02 Å². The molecule has 0 saturated carbocycles. The van der Waals surface area contributed by atoms with Crippen LogP contribution in [0.3, 0.4) is 0 Å². The average Bonchev–Trinajstić information content (AvgIpc) is 2.78. The summed E-state index contributed by atoms with van der Waals surface area (Å²) in [4.78, 5) is 0. The van der Waals surface area contributed by atoms with Crippen molar-refractivity contribution in [1.29, 1.82) is 0 Å². The first-order valence-electron chi connectivity index (χ1n) is 5.14. The Morgan fingerprint density at radius 2 is 2.12 bits per heavy atom. The van der Waals surface area contributed by atoms with E-state index in [0.29, 0.717) is 16.5 Å². The third kappa shape index (κ3) is 1.99. The van der Waals surface area contributed by atoms with Gasteiger partial charge in [0.25, 0.3) is 0 Å². The van der Waals surface area contributed by atoms with E-state index in [9.17, 15) is 0 Å². The number of benzene rings is 2. The second-order valence-corrected chi connectivity index (χ2v) is 3.98. The Morgan fingerprint density at radius 3 is 3.00 bits per heavy atom. The Bertz CT molecular complexity index is 658. The first-order chi connectivity index (χ1) is 8.33. The Hall–Kier alpha value is -1.93. The molecule has 0 atom stereocenters. The fourth-order valence-corrected chi connectivity index (χ4v) is 1.82. The number of para-hydroxylation sites is 1. The van der Waals surface area contributed by atoms with Gasteiger partial charge in [-0.3, -0.25) is 0 Å². The van der Waals surface area contributed by atoms with Gasteiger partial charge in [0.2, 0.25) is 0 Å². The normalized spacial score (nSPS) is 10.6.